The van der Waals surface area contributed by atoms with Crippen LogP contribution >= 0.6 is 0 Å². The van der Waals surface area contributed by atoms with Crippen molar-refractivity contribution in [3.8, 4) is 11.3 Å². The van der Waals surface area contributed by atoms with Crippen LogP contribution in [0.4, 0.5) is 5.82 Å². The predicted molar refractivity (Wildman–Crippen MR) is 102 cm³/mol. The number of rotatable bonds is 5. The van der Waals surface area contributed by atoms with Crippen molar-refractivity contribution in [1.82, 2.24) is 19.6 Å². The summed E-state index contributed by atoms with van der Waals surface area (Å²) in [6.45, 7) is 4.21. The molecule has 1 aliphatic carbocycles. The van der Waals surface area contributed by atoms with Crippen molar-refractivity contribution >= 4 is 11.5 Å². The van der Waals surface area contributed by atoms with Gasteiger partial charge in [0.15, 0.2) is 5.65 Å². The first-order chi connectivity index (χ1) is 12.7. The normalized spacial score (nSPS) is 20.6. The number of fused-ring (bicyclic) bond motifs is 1. The highest BCUT2D eigenvalue weighted by molar-refractivity contribution is 5.63. The van der Waals surface area contributed by atoms with Crippen LogP contribution in [0.1, 0.15) is 39.5 Å². The second-order valence-corrected chi connectivity index (χ2v) is 7.17. The van der Waals surface area contributed by atoms with Gasteiger partial charge < -0.3 is 10.1 Å². The van der Waals surface area contributed by atoms with E-state index >= 15 is 0 Å². The van der Waals surface area contributed by atoms with Gasteiger partial charge in [-0.2, -0.15) is 0 Å². The van der Waals surface area contributed by atoms with Gasteiger partial charge in [-0.05, 0) is 63.8 Å². The summed E-state index contributed by atoms with van der Waals surface area (Å²) in [6, 6.07) is 8.41. The molecule has 1 N–H and O–H groups in total. The Balaban J connectivity index is 1.48. The second-order valence-electron chi connectivity index (χ2n) is 7.17. The van der Waals surface area contributed by atoms with Gasteiger partial charge in [-0.25, -0.2) is 9.50 Å². The number of nitrogens with one attached hydrogen (secondary N) is 1. The van der Waals surface area contributed by atoms with Crippen LogP contribution in [0.25, 0.3) is 16.9 Å². The number of hydrogen-bond donors (Lipinski definition) is 1. The maximum Gasteiger partial charge on any atom is 0.154 e. The summed E-state index contributed by atoms with van der Waals surface area (Å²) in [6.07, 6.45) is 10.6. The lowest BCUT2D eigenvalue weighted by atomic mass is 9.93. The molecule has 6 heteroatoms. The summed E-state index contributed by atoms with van der Waals surface area (Å²) in [5, 5.41) is 8.35. The van der Waals surface area contributed by atoms with Gasteiger partial charge in [0.25, 0.3) is 0 Å². The summed E-state index contributed by atoms with van der Waals surface area (Å²) < 4.78 is 7.83. The molecule has 3 heterocycles. The third-order valence-corrected chi connectivity index (χ3v) is 4.83. The zero-order chi connectivity index (χ0) is 17.9. The molecule has 0 aliphatic heterocycles. The second kappa shape index (κ2) is 7.41. The minimum atomic E-state index is 0.307. The zero-order valence-electron chi connectivity index (χ0n) is 15.3. The molecule has 1 fully saturated rings. The molecule has 1 saturated carbocycles. The minimum absolute atomic E-state index is 0.307. The number of hydrogen-bond acceptors (Lipinski definition) is 5. The molecule has 3 aromatic heterocycles. The molecule has 4 rings (SSSR count). The Kier molecular flexibility index (Phi) is 4.84. The van der Waals surface area contributed by atoms with Gasteiger partial charge in [0.05, 0.1) is 24.1 Å². The van der Waals surface area contributed by atoms with Gasteiger partial charge in [-0.3, -0.25) is 4.98 Å². The van der Waals surface area contributed by atoms with Crippen LogP contribution in [-0.2, 0) is 4.74 Å². The van der Waals surface area contributed by atoms with Crippen LogP contribution in [0.5, 0.6) is 0 Å². The Morgan fingerprint density at radius 2 is 1.85 bits per heavy atom. The van der Waals surface area contributed by atoms with E-state index in [1.54, 1.807) is 12.4 Å². The van der Waals surface area contributed by atoms with Crippen molar-refractivity contribution in [1.29, 1.82) is 0 Å². The average molecular weight is 351 g/mol. The third-order valence-electron chi connectivity index (χ3n) is 4.83. The minimum Gasteiger partial charge on any atom is -0.376 e. The number of aromatic nitrogens is 4. The van der Waals surface area contributed by atoms with Gasteiger partial charge >= 0.3 is 0 Å². The Bertz CT molecular complexity index is 853. The van der Waals surface area contributed by atoms with Crippen LogP contribution in [0.15, 0.2) is 42.9 Å². The fourth-order valence-electron chi connectivity index (χ4n) is 3.61. The third kappa shape index (κ3) is 3.70. The summed E-state index contributed by atoms with van der Waals surface area (Å²) >= 11 is 0. The van der Waals surface area contributed by atoms with Crippen LogP contribution in [-0.4, -0.2) is 37.8 Å². The van der Waals surface area contributed by atoms with E-state index in [1.165, 1.54) is 0 Å². The lowest BCUT2D eigenvalue weighted by molar-refractivity contribution is -0.0133. The molecular weight excluding hydrogens is 326 g/mol. The first kappa shape index (κ1) is 17.0. The van der Waals surface area contributed by atoms with E-state index in [4.69, 9.17) is 9.84 Å². The average Bonchev–Trinajstić information content (AvgIpc) is 3.07. The molecule has 0 unspecified atom stereocenters. The first-order valence-corrected chi connectivity index (χ1v) is 9.36. The first-order valence-electron chi connectivity index (χ1n) is 9.36. The van der Waals surface area contributed by atoms with Crippen molar-refractivity contribution < 1.29 is 4.74 Å². The highest BCUT2D eigenvalue weighted by Gasteiger charge is 2.22. The summed E-state index contributed by atoms with van der Waals surface area (Å²) in [7, 11) is 0. The molecule has 0 amide bonds. The number of anilines is 1. The SMILES string of the molecule is CC(C)OC1CCC(Nc2ccc3ncc(-c4ccncc4)n3n2)CC1. The summed E-state index contributed by atoms with van der Waals surface area (Å²) in [5.41, 5.74) is 2.87. The number of ether oxygens (including phenoxy) is 1. The standard InChI is InChI=1S/C20H25N5O/c1-14(2)26-17-5-3-16(4-6-17)23-19-7-8-20-22-13-18(25(20)24-19)15-9-11-21-12-10-15/h7-14,16-17H,3-6H2,1-2H3,(H,23,24). The monoisotopic (exact) mass is 351 g/mol. The van der Waals surface area contributed by atoms with Gasteiger partial charge in [0.1, 0.15) is 5.82 Å². The fraction of sp³-hybridized carbons (Fsp3) is 0.450. The Morgan fingerprint density at radius 1 is 1.08 bits per heavy atom. The Labute approximate surface area is 153 Å². The maximum atomic E-state index is 5.94. The van der Waals surface area contributed by atoms with Crippen molar-refractivity contribution in [2.75, 3.05) is 5.32 Å². The van der Waals surface area contributed by atoms with Gasteiger partial charge in [0.2, 0.25) is 0 Å². The van der Waals surface area contributed by atoms with E-state index in [2.05, 4.69) is 29.1 Å². The molecule has 136 valence electrons. The number of nitrogens with zero attached hydrogens (tertiary/aromatic N) is 4. The lowest BCUT2D eigenvalue weighted by Gasteiger charge is -2.30. The molecule has 1 aliphatic rings. The maximum absolute atomic E-state index is 5.94. The van der Waals surface area contributed by atoms with Gasteiger partial charge in [-0.1, -0.05) is 0 Å². The summed E-state index contributed by atoms with van der Waals surface area (Å²) in [4.78, 5) is 8.54. The molecule has 0 aromatic carbocycles. The molecule has 6 nitrogen and oxygen atoms in total. The van der Waals surface area contributed by atoms with Crippen molar-refractivity contribution in [2.45, 2.75) is 57.8 Å². The zero-order valence-corrected chi connectivity index (χ0v) is 15.3. The van der Waals surface area contributed by atoms with Gasteiger partial charge in [-0.15, -0.1) is 5.10 Å². The summed E-state index contributed by atoms with van der Waals surface area (Å²) in [5.74, 6) is 0.888. The molecule has 0 atom stereocenters. The van der Waals surface area contributed by atoms with E-state index in [-0.39, 0.29) is 0 Å². The molecular formula is C20H25N5O. The van der Waals surface area contributed by atoms with E-state index in [0.29, 0.717) is 18.2 Å². The molecule has 0 saturated heterocycles. The van der Waals surface area contributed by atoms with Crippen LogP contribution < -0.4 is 5.32 Å². The highest BCUT2D eigenvalue weighted by atomic mass is 16.5. The van der Waals surface area contributed by atoms with E-state index in [9.17, 15) is 0 Å². The highest BCUT2D eigenvalue weighted by Crippen LogP contribution is 2.25. The molecule has 26 heavy (non-hydrogen) atoms. The smallest absolute Gasteiger partial charge is 0.154 e. The van der Waals surface area contributed by atoms with Gasteiger partial charge in [0, 0.05) is 24.0 Å². The quantitative estimate of drug-likeness (QED) is 0.754. The Morgan fingerprint density at radius 3 is 2.58 bits per heavy atom. The van der Waals surface area contributed by atoms with Crippen molar-refractivity contribution in [3.63, 3.8) is 0 Å². The van der Waals surface area contributed by atoms with Crippen molar-refractivity contribution in [3.05, 3.63) is 42.9 Å². The molecule has 0 bridgehead atoms. The van der Waals surface area contributed by atoms with E-state index in [1.807, 2.05) is 35.0 Å². The van der Waals surface area contributed by atoms with Crippen LogP contribution in [0.2, 0.25) is 0 Å². The topological polar surface area (TPSA) is 64.3 Å². The largest absolute Gasteiger partial charge is 0.376 e. The molecule has 0 spiro atoms. The lowest BCUT2D eigenvalue weighted by Crippen LogP contribution is -2.31. The van der Waals surface area contributed by atoms with E-state index < -0.39 is 0 Å². The van der Waals surface area contributed by atoms with Crippen LogP contribution in [0, 0.1) is 0 Å². The molecule has 3 aromatic rings. The Hall–Kier alpha value is -2.47. The predicted octanol–water partition coefficient (Wildman–Crippen LogP) is 3.94. The fourth-order valence-corrected chi connectivity index (χ4v) is 3.61. The van der Waals surface area contributed by atoms with E-state index in [0.717, 1.165) is 48.4 Å². The van der Waals surface area contributed by atoms with Crippen LogP contribution in [0.3, 0.4) is 0 Å². The number of pyridine rings is 1. The van der Waals surface area contributed by atoms with Crippen molar-refractivity contribution in [2.24, 2.45) is 0 Å². The molecule has 0 radical (unpaired) electrons. The number of imidazole rings is 1.